The third-order valence-corrected chi connectivity index (χ3v) is 7.94. The lowest BCUT2D eigenvalue weighted by Crippen LogP contribution is -2.34. The molecule has 1 aliphatic rings. The number of sulfonamides is 1. The number of nitrogens with one attached hydrogen (secondary N) is 2. The fourth-order valence-corrected chi connectivity index (χ4v) is 5.69. The van der Waals surface area contributed by atoms with Crippen molar-refractivity contribution in [2.75, 3.05) is 22.8 Å². The van der Waals surface area contributed by atoms with Crippen LogP contribution in [0.5, 0.6) is 5.75 Å². The van der Waals surface area contributed by atoms with Crippen LogP contribution in [0.25, 0.3) is 0 Å². The number of hydrogen-bond donors (Lipinski definition) is 2. The molecule has 9 heteroatoms. The minimum atomic E-state index is -3.67. The fraction of sp³-hybridized carbons (Fsp3) is 0.259. The lowest BCUT2D eigenvalue weighted by Gasteiger charge is -2.19. The van der Waals surface area contributed by atoms with Crippen LogP contribution < -0.4 is 19.7 Å². The van der Waals surface area contributed by atoms with Gasteiger partial charge in [0.05, 0.1) is 17.2 Å². The van der Waals surface area contributed by atoms with Crippen molar-refractivity contribution in [3.8, 4) is 5.75 Å². The quantitative estimate of drug-likeness (QED) is 0.299. The van der Waals surface area contributed by atoms with Gasteiger partial charge in [-0.25, -0.2) is 8.42 Å². The molecular weight excluding hydrogens is 494 g/mol. The monoisotopic (exact) mass is 523 g/mol. The molecule has 1 heterocycles. The van der Waals surface area contributed by atoms with E-state index in [1.165, 1.54) is 16.4 Å². The summed E-state index contributed by atoms with van der Waals surface area (Å²) in [5.74, 6) is 0.368. The van der Waals surface area contributed by atoms with Gasteiger partial charge in [0, 0.05) is 17.8 Å². The number of thiocarbonyl (C=S) groups is 1. The molecule has 0 fully saturated rings. The molecule has 0 radical (unpaired) electrons. The molecule has 2 N–H and O–H groups in total. The van der Waals surface area contributed by atoms with Crippen LogP contribution in [0.3, 0.4) is 0 Å². The largest absolute Gasteiger partial charge is 0.494 e. The highest BCUT2D eigenvalue weighted by Crippen LogP contribution is 2.32. The average molecular weight is 524 g/mol. The Morgan fingerprint density at radius 3 is 2.44 bits per heavy atom. The molecular formula is C27H29N3O4S2. The number of rotatable bonds is 9. The van der Waals surface area contributed by atoms with Gasteiger partial charge >= 0.3 is 0 Å². The maximum atomic E-state index is 13.2. The molecule has 0 aliphatic carbocycles. The normalized spacial score (nSPS) is 12.6. The van der Waals surface area contributed by atoms with Crippen molar-refractivity contribution in [3.05, 3.63) is 83.9 Å². The van der Waals surface area contributed by atoms with E-state index in [0.717, 1.165) is 36.3 Å². The zero-order chi connectivity index (χ0) is 25.5. The van der Waals surface area contributed by atoms with Gasteiger partial charge in [-0.3, -0.25) is 14.4 Å². The van der Waals surface area contributed by atoms with E-state index in [9.17, 15) is 13.2 Å². The molecule has 0 unspecified atom stereocenters. The molecule has 0 saturated carbocycles. The van der Waals surface area contributed by atoms with Gasteiger partial charge in [-0.05, 0) is 85.2 Å². The van der Waals surface area contributed by atoms with E-state index in [-0.39, 0.29) is 15.9 Å². The second-order valence-corrected chi connectivity index (χ2v) is 10.7. The summed E-state index contributed by atoms with van der Waals surface area (Å²) in [4.78, 5) is 12.7. The summed E-state index contributed by atoms with van der Waals surface area (Å²) in [6, 6.07) is 20.7. The van der Waals surface area contributed by atoms with E-state index < -0.39 is 10.0 Å². The molecule has 0 atom stereocenters. The van der Waals surface area contributed by atoms with Crippen LogP contribution in [0, 0.1) is 0 Å². The summed E-state index contributed by atoms with van der Waals surface area (Å²) in [7, 11) is -3.67. The first kappa shape index (κ1) is 25.7. The van der Waals surface area contributed by atoms with Crippen LogP contribution in [0.2, 0.25) is 0 Å². The minimum Gasteiger partial charge on any atom is -0.494 e. The molecule has 1 aliphatic heterocycles. The Bertz CT molecular complexity index is 1320. The van der Waals surface area contributed by atoms with Gasteiger partial charge in [-0.1, -0.05) is 38.0 Å². The lowest BCUT2D eigenvalue weighted by molar-refractivity contribution is 0.0977. The van der Waals surface area contributed by atoms with Gasteiger partial charge in [-0.2, -0.15) is 0 Å². The average Bonchev–Trinajstić information content (AvgIpc) is 3.32. The number of carbonyl (C=O) groups is 1. The third kappa shape index (κ3) is 6.03. The molecule has 0 saturated heterocycles. The number of carbonyl (C=O) groups excluding carboxylic acids is 1. The van der Waals surface area contributed by atoms with Crippen LogP contribution in [-0.4, -0.2) is 32.6 Å². The number of nitrogens with zero attached hydrogens (tertiary/aromatic N) is 1. The van der Waals surface area contributed by atoms with Crippen LogP contribution in [-0.2, 0) is 16.4 Å². The topological polar surface area (TPSA) is 87.7 Å². The maximum absolute atomic E-state index is 13.2. The van der Waals surface area contributed by atoms with Gasteiger partial charge < -0.3 is 10.1 Å². The zero-order valence-corrected chi connectivity index (χ0v) is 21.7. The molecule has 3 aromatic rings. The summed E-state index contributed by atoms with van der Waals surface area (Å²) in [5.41, 5.74) is 2.76. The highest BCUT2D eigenvalue weighted by atomic mass is 32.2. The summed E-state index contributed by atoms with van der Waals surface area (Å²) in [6.07, 6.45) is 3.94. The molecule has 3 aromatic carbocycles. The van der Waals surface area contributed by atoms with Crippen molar-refractivity contribution in [3.63, 3.8) is 0 Å². The van der Waals surface area contributed by atoms with Crippen LogP contribution in [0.1, 0.15) is 42.1 Å². The summed E-state index contributed by atoms with van der Waals surface area (Å²) < 4.78 is 33.4. The number of anilines is 2. The molecule has 0 bridgehead atoms. The van der Waals surface area contributed by atoms with Crippen molar-refractivity contribution in [1.29, 1.82) is 0 Å². The molecule has 0 spiro atoms. The van der Waals surface area contributed by atoms with E-state index in [1.54, 1.807) is 36.4 Å². The predicted molar refractivity (Wildman–Crippen MR) is 146 cm³/mol. The molecule has 7 nitrogen and oxygen atoms in total. The van der Waals surface area contributed by atoms with Gasteiger partial charge in [0.1, 0.15) is 5.75 Å². The number of ether oxygens (including phenoxy) is 1. The number of hydrogen-bond acceptors (Lipinski definition) is 5. The van der Waals surface area contributed by atoms with E-state index >= 15 is 0 Å². The fourth-order valence-electron chi connectivity index (χ4n) is 3.98. The second-order valence-electron chi connectivity index (χ2n) is 8.47. The van der Waals surface area contributed by atoms with Crippen molar-refractivity contribution in [2.45, 2.75) is 37.5 Å². The summed E-state index contributed by atoms with van der Waals surface area (Å²) in [6.45, 7) is 3.21. The van der Waals surface area contributed by atoms with Gasteiger partial charge in [0.25, 0.3) is 15.9 Å². The van der Waals surface area contributed by atoms with Crippen LogP contribution in [0.15, 0.2) is 77.7 Å². The summed E-state index contributed by atoms with van der Waals surface area (Å²) in [5, 5.41) is 5.68. The molecule has 0 aromatic heterocycles. The number of fused-ring (bicyclic) bond motifs is 1. The molecule has 188 valence electrons. The van der Waals surface area contributed by atoms with E-state index in [2.05, 4.69) is 17.6 Å². The highest BCUT2D eigenvalue weighted by molar-refractivity contribution is 7.92. The Kier molecular flexibility index (Phi) is 8.22. The molecule has 1 amide bonds. The first-order valence-electron chi connectivity index (χ1n) is 11.9. The van der Waals surface area contributed by atoms with Gasteiger partial charge in [0.15, 0.2) is 5.11 Å². The first-order valence-corrected chi connectivity index (χ1v) is 13.8. The standard InChI is InChI=1S/C27H29N3O4S2/c1-2-3-6-19-34-23-13-9-21(10-14-23)26(31)29-27(35)28-22-11-15-24(16-12-22)36(32,33)30-18-17-20-7-4-5-8-25(20)30/h4-5,7-16H,2-3,6,17-19H2,1H3,(H2,28,29,31,35). The molecule has 4 rings (SSSR count). The van der Waals surface area contributed by atoms with Crippen LogP contribution in [0.4, 0.5) is 11.4 Å². The van der Waals surface area contributed by atoms with Gasteiger partial charge in [-0.15, -0.1) is 0 Å². The van der Waals surface area contributed by atoms with Gasteiger partial charge in [0.2, 0.25) is 0 Å². The Hall–Kier alpha value is -3.43. The number of para-hydroxylation sites is 1. The highest BCUT2D eigenvalue weighted by Gasteiger charge is 2.30. The molecule has 36 heavy (non-hydrogen) atoms. The number of unbranched alkanes of at least 4 members (excludes halogenated alkanes) is 2. The first-order chi connectivity index (χ1) is 17.4. The van der Waals surface area contributed by atoms with Crippen molar-refractivity contribution >= 4 is 44.6 Å². The third-order valence-electron chi connectivity index (χ3n) is 5.90. The van der Waals surface area contributed by atoms with E-state index in [0.29, 0.717) is 30.8 Å². The smallest absolute Gasteiger partial charge is 0.264 e. The Morgan fingerprint density at radius 2 is 1.72 bits per heavy atom. The predicted octanol–water partition coefficient (Wildman–Crippen LogP) is 5.13. The Morgan fingerprint density at radius 1 is 1.00 bits per heavy atom. The maximum Gasteiger partial charge on any atom is 0.264 e. The van der Waals surface area contributed by atoms with E-state index in [4.69, 9.17) is 17.0 Å². The van der Waals surface area contributed by atoms with Crippen molar-refractivity contribution < 1.29 is 17.9 Å². The number of benzene rings is 3. The van der Waals surface area contributed by atoms with Crippen molar-refractivity contribution in [1.82, 2.24) is 5.32 Å². The van der Waals surface area contributed by atoms with E-state index in [1.807, 2.05) is 24.3 Å². The Labute approximate surface area is 217 Å². The number of amides is 1. The Balaban J connectivity index is 1.32. The minimum absolute atomic E-state index is 0.115. The van der Waals surface area contributed by atoms with Crippen molar-refractivity contribution in [2.24, 2.45) is 0 Å². The zero-order valence-electron chi connectivity index (χ0n) is 20.1. The second kappa shape index (κ2) is 11.5. The SMILES string of the molecule is CCCCCOc1ccc(C(=O)NC(=S)Nc2ccc(S(=O)(=O)N3CCc4ccccc43)cc2)cc1. The lowest BCUT2D eigenvalue weighted by atomic mass is 10.2. The van der Waals surface area contributed by atoms with Crippen LogP contribution >= 0.6 is 12.2 Å². The summed E-state index contributed by atoms with van der Waals surface area (Å²) >= 11 is 5.26.